The second-order valence-corrected chi connectivity index (χ2v) is 6.08. The first kappa shape index (κ1) is 14.4. The zero-order valence-corrected chi connectivity index (χ0v) is 13.0. The summed E-state index contributed by atoms with van der Waals surface area (Å²) in [4.78, 5) is 4.30. The van der Waals surface area contributed by atoms with Gasteiger partial charge in [0.25, 0.3) is 0 Å². The van der Waals surface area contributed by atoms with Gasteiger partial charge in [-0.2, -0.15) is 0 Å². The van der Waals surface area contributed by atoms with Gasteiger partial charge in [-0.15, -0.1) is 0 Å². The summed E-state index contributed by atoms with van der Waals surface area (Å²) in [5.74, 6) is 1.15. The van der Waals surface area contributed by atoms with E-state index in [-0.39, 0.29) is 17.9 Å². The van der Waals surface area contributed by atoms with Gasteiger partial charge >= 0.3 is 0 Å². The van der Waals surface area contributed by atoms with Gasteiger partial charge in [-0.05, 0) is 31.0 Å². The van der Waals surface area contributed by atoms with E-state index >= 15 is 0 Å². The molecule has 2 aromatic rings. The van der Waals surface area contributed by atoms with Gasteiger partial charge in [-0.3, -0.25) is 15.4 Å². The van der Waals surface area contributed by atoms with Gasteiger partial charge in [-0.25, -0.2) is 0 Å². The summed E-state index contributed by atoms with van der Waals surface area (Å²) >= 11 is 3.44. The number of nitrogens with zero attached hydrogens (tertiary/aromatic N) is 1. The minimum absolute atomic E-state index is 0.00554. The molecule has 1 aromatic carbocycles. The first-order valence-corrected chi connectivity index (χ1v) is 7.78. The molecule has 1 fully saturated rings. The van der Waals surface area contributed by atoms with Crippen molar-refractivity contribution in [1.82, 2.24) is 10.3 Å². The van der Waals surface area contributed by atoms with Crippen LogP contribution in [0.2, 0.25) is 0 Å². The Morgan fingerprint density at radius 3 is 2.86 bits per heavy atom. The molecule has 1 radical (unpaired) electrons. The predicted octanol–water partition coefficient (Wildman–Crippen LogP) is 3.86. The third-order valence-electron chi connectivity index (χ3n) is 3.61. The van der Waals surface area contributed by atoms with Crippen molar-refractivity contribution < 1.29 is 9.84 Å². The topological polar surface area (TPSA) is 54.0 Å². The Labute approximate surface area is 132 Å². The maximum atomic E-state index is 11.4. The smallest absolute Gasteiger partial charge is 0.181 e. The zero-order chi connectivity index (χ0) is 14.7. The molecule has 1 aliphatic heterocycles. The summed E-state index contributed by atoms with van der Waals surface area (Å²) in [7, 11) is 0. The number of aromatic nitrogens is 1. The van der Waals surface area contributed by atoms with Crippen molar-refractivity contribution in [2.45, 2.75) is 25.0 Å². The van der Waals surface area contributed by atoms with Crippen LogP contribution in [0.1, 0.15) is 24.5 Å². The van der Waals surface area contributed by atoms with Crippen LogP contribution >= 0.6 is 15.9 Å². The fourth-order valence-electron chi connectivity index (χ4n) is 2.54. The standard InChI is InChI=1S/C16H16BrN2O2/c17-12-2-1-3-14(8-12)21-16-5-4-11(10-19-16)15-9-13(20)6-7-18-15/h1-3,6-9,11,16,19H,4-5,10H2. The average molecular weight is 348 g/mol. The Hall–Kier alpha value is -1.59. The highest BCUT2D eigenvalue weighted by atomic mass is 79.9. The molecule has 0 aliphatic carbocycles. The van der Waals surface area contributed by atoms with Crippen LogP contribution in [-0.2, 0) is 5.11 Å². The first-order chi connectivity index (χ1) is 10.2. The van der Waals surface area contributed by atoms with Crippen molar-refractivity contribution in [2.24, 2.45) is 0 Å². The number of halogens is 1. The Kier molecular flexibility index (Phi) is 4.41. The lowest BCUT2D eigenvalue weighted by Gasteiger charge is -2.30. The van der Waals surface area contributed by atoms with Crippen LogP contribution in [-0.4, -0.2) is 17.8 Å². The van der Waals surface area contributed by atoms with Crippen molar-refractivity contribution in [2.75, 3.05) is 6.54 Å². The van der Waals surface area contributed by atoms with Gasteiger partial charge in [0.2, 0.25) is 0 Å². The fraction of sp³-hybridized carbons (Fsp3) is 0.312. The van der Waals surface area contributed by atoms with Crippen molar-refractivity contribution in [3.8, 4) is 11.5 Å². The Morgan fingerprint density at radius 1 is 1.24 bits per heavy atom. The number of benzene rings is 1. The molecule has 0 spiro atoms. The zero-order valence-electron chi connectivity index (χ0n) is 11.5. The number of pyridine rings is 1. The summed E-state index contributed by atoms with van der Waals surface area (Å²) in [5.41, 5.74) is 0.871. The molecular formula is C16H16BrN2O2. The molecule has 109 valence electrons. The Balaban J connectivity index is 1.58. The highest BCUT2D eigenvalue weighted by Gasteiger charge is 2.24. The molecule has 21 heavy (non-hydrogen) atoms. The van der Waals surface area contributed by atoms with Gasteiger partial charge in [0.15, 0.2) is 5.75 Å². The molecule has 1 aliphatic rings. The molecule has 5 heteroatoms. The first-order valence-electron chi connectivity index (χ1n) is 6.99. The molecule has 1 aromatic heterocycles. The number of hydrogen-bond donors (Lipinski definition) is 1. The number of ether oxygens (including phenoxy) is 1. The molecule has 2 unspecified atom stereocenters. The van der Waals surface area contributed by atoms with E-state index in [2.05, 4.69) is 26.2 Å². The van der Waals surface area contributed by atoms with Crippen LogP contribution in [0.5, 0.6) is 11.5 Å². The van der Waals surface area contributed by atoms with E-state index < -0.39 is 0 Å². The molecule has 2 atom stereocenters. The second kappa shape index (κ2) is 6.45. The van der Waals surface area contributed by atoms with E-state index in [4.69, 9.17) is 4.74 Å². The fourth-order valence-corrected chi connectivity index (χ4v) is 2.92. The molecule has 3 rings (SSSR count). The summed E-state index contributed by atoms with van der Waals surface area (Å²) in [5, 5.41) is 14.8. The minimum atomic E-state index is 0.00554. The second-order valence-electron chi connectivity index (χ2n) is 5.16. The van der Waals surface area contributed by atoms with Crippen LogP contribution in [0.25, 0.3) is 0 Å². The van der Waals surface area contributed by atoms with E-state index in [1.165, 1.54) is 6.07 Å². The third-order valence-corrected chi connectivity index (χ3v) is 4.11. The SMILES string of the molecule is [O]c1ccnc(C2CCC(Oc3cccc(Br)c3)NC2)c1. The number of piperidine rings is 1. The van der Waals surface area contributed by atoms with Crippen LogP contribution < -0.4 is 10.1 Å². The average Bonchev–Trinajstić information content (AvgIpc) is 2.48. The van der Waals surface area contributed by atoms with Crippen LogP contribution in [0.15, 0.2) is 47.1 Å². The number of hydrogen-bond acceptors (Lipinski definition) is 3. The summed E-state index contributed by atoms with van der Waals surface area (Å²) in [6.07, 6.45) is 3.44. The predicted molar refractivity (Wildman–Crippen MR) is 82.9 cm³/mol. The van der Waals surface area contributed by atoms with E-state index in [0.717, 1.165) is 35.3 Å². The van der Waals surface area contributed by atoms with E-state index in [1.807, 2.05) is 24.3 Å². The molecule has 0 bridgehead atoms. The van der Waals surface area contributed by atoms with Gasteiger partial charge in [0.05, 0.1) is 0 Å². The maximum Gasteiger partial charge on any atom is 0.181 e. The van der Waals surface area contributed by atoms with Crippen molar-refractivity contribution >= 4 is 15.9 Å². The molecule has 0 saturated carbocycles. The van der Waals surface area contributed by atoms with E-state index in [9.17, 15) is 5.11 Å². The van der Waals surface area contributed by atoms with Gasteiger partial charge < -0.3 is 4.74 Å². The molecule has 1 N–H and O–H groups in total. The van der Waals surface area contributed by atoms with Gasteiger partial charge in [-0.1, -0.05) is 22.0 Å². The lowest BCUT2D eigenvalue weighted by atomic mass is 9.94. The third kappa shape index (κ3) is 3.74. The lowest BCUT2D eigenvalue weighted by molar-refractivity contribution is 0.124. The maximum absolute atomic E-state index is 11.4. The quantitative estimate of drug-likeness (QED) is 0.916. The Morgan fingerprint density at radius 2 is 2.14 bits per heavy atom. The number of nitrogens with one attached hydrogen (secondary N) is 1. The van der Waals surface area contributed by atoms with Crippen molar-refractivity contribution in [3.05, 3.63) is 52.8 Å². The minimum Gasteiger partial charge on any atom is -0.475 e. The summed E-state index contributed by atoms with van der Waals surface area (Å²) in [6, 6.07) is 10.9. The lowest BCUT2D eigenvalue weighted by Crippen LogP contribution is -2.41. The molecular weight excluding hydrogens is 332 g/mol. The molecule has 4 nitrogen and oxygen atoms in total. The van der Waals surface area contributed by atoms with Crippen LogP contribution in [0.4, 0.5) is 0 Å². The monoisotopic (exact) mass is 347 g/mol. The molecule has 0 amide bonds. The Bertz CT molecular complexity index is 613. The highest BCUT2D eigenvalue weighted by Crippen LogP contribution is 2.27. The van der Waals surface area contributed by atoms with E-state index in [0.29, 0.717) is 0 Å². The van der Waals surface area contributed by atoms with Gasteiger partial charge in [0.1, 0.15) is 12.0 Å². The molecule has 1 saturated heterocycles. The van der Waals surface area contributed by atoms with E-state index in [1.54, 1.807) is 12.3 Å². The largest absolute Gasteiger partial charge is 0.475 e. The summed E-state index contributed by atoms with van der Waals surface area (Å²) in [6.45, 7) is 0.773. The number of rotatable bonds is 3. The summed E-state index contributed by atoms with van der Waals surface area (Å²) < 4.78 is 6.93. The van der Waals surface area contributed by atoms with Gasteiger partial charge in [0, 0.05) is 41.0 Å². The van der Waals surface area contributed by atoms with Crippen LogP contribution in [0.3, 0.4) is 0 Å². The molecule has 2 heterocycles. The normalized spacial score (nSPS) is 22.0. The van der Waals surface area contributed by atoms with Crippen LogP contribution in [0, 0.1) is 0 Å². The highest BCUT2D eigenvalue weighted by molar-refractivity contribution is 9.10. The van der Waals surface area contributed by atoms with Crippen molar-refractivity contribution in [1.29, 1.82) is 0 Å². The van der Waals surface area contributed by atoms with Crippen molar-refractivity contribution in [3.63, 3.8) is 0 Å².